The van der Waals surface area contributed by atoms with Crippen LogP contribution in [0.15, 0.2) is 12.2 Å². The second kappa shape index (κ2) is 19.4. The summed E-state index contributed by atoms with van der Waals surface area (Å²) >= 11 is 0. The second-order valence-electron chi connectivity index (χ2n) is 7.33. The van der Waals surface area contributed by atoms with Gasteiger partial charge in [0.2, 0.25) is 0 Å². The third-order valence-electron chi connectivity index (χ3n) is 4.65. The molecule has 0 amide bonds. The third-order valence-corrected chi connectivity index (χ3v) is 5.37. The van der Waals surface area contributed by atoms with Crippen LogP contribution in [0.25, 0.3) is 0 Å². The summed E-state index contributed by atoms with van der Waals surface area (Å²) in [6, 6.07) is 0. The van der Waals surface area contributed by atoms with Crippen molar-refractivity contribution in [1.29, 1.82) is 0 Å². The quantitative estimate of drug-likeness (QED) is 0.155. The van der Waals surface area contributed by atoms with E-state index in [1.165, 1.54) is 89.9 Å². The fraction of sp³-hybridized carbons (Fsp3) is 0.905. The topological polar surface area (TPSA) is 66.4 Å². The van der Waals surface area contributed by atoms with Gasteiger partial charge in [0, 0.05) is 6.54 Å². The SMILES string of the molecule is CCCCCCCCC/C=C\CCCCCCCCNCCS(=O)(=O)O. The van der Waals surface area contributed by atoms with Crippen molar-refractivity contribution in [3.8, 4) is 0 Å². The lowest BCUT2D eigenvalue weighted by molar-refractivity contribution is 0.479. The van der Waals surface area contributed by atoms with E-state index < -0.39 is 10.1 Å². The van der Waals surface area contributed by atoms with E-state index in [4.69, 9.17) is 4.55 Å². The molecule has 0 spiro atoms. The molecule has 0 aliphatic heterocycles. The first-order valence-electron chi connectivity index (χ1n) is 10.9. The molecule has 0 aromatic carbocycles. The molecule has 156 valence electrons. The van der Waals surface area contributed by atoms with Crippen LogP contribution in [0.5, 0.6) is 0 Å². The average Bonchev–Trinajstić information content (AvgIpc) is 2.59. The molecule has 0 heterocycles. The Morgan fingerprint density at radius 1 is 0.692 bits per heavy atom. The molecule has 0 bridgehead atoms. The highest BCUT2D eigenvalue weighted by atomic mass is 32.2. The summed E-state index contributed by atoms with van der Waals surface area (Å²) in [5, 5.41) is 3.05. The van der Waals surface area contributed by atoms with E-state index in [-0.39, 0.29) is 5.75 Å². The van der Waals surface area contributed by atoms with Gasteiger partial charge in [-0.1, -0.05) is 83.3 Å². The Bertz CT molecular complexity index is 407. The molecule has 0 aromatic heterocycles. The third kappa shape index (κ3) is 23.6. The highest BCUT2D eigenvalue weighted by Gasteiger charge is 2.02. The predicted octanol–water partition coefficient (Wildman–Crippen LogP) is 5.89. The highest BCUT2D eigenvalue weighted by Crippen LogP contribution is 2.10. The molecule has 0 saturated carbocycles. The number of allylic oxidation sites excluding steroid dienone is 2. The van der Waals surface area contributed by atoms with Crippen LogP contribution >= 0.6 is 0 Å². The molecule has 26 heavy (non-hydrogen) atoms. The summed E-state index contributed by atoms with van der Waals surface area (Å²) < 4.78 is 29.7. The van der Waals surface area contributed by atoms with Crippen LogP contribution in [0.3, 0.4) is 0 Å². The minimum atomic E-state index is -3.82. The molecule has 0 radical (unpaired) electrons. The minimum absolute atomic E-state index is 0.195. The van der Waals surface area contributed by atoms with E-state index >= 15 is 0 Å². The Kier molecular flexibility index (Phi) is 19.1. The van der Waals surface area contributed by atoms with Crippen molar-refractivity contribution in [2.45, 2.75) is 103 Å². The van der Waals surface area contributed by atoms with E-state index in [9.17, 15) is 8.42 Å². The summed E-state index contributed by atoms with van der Waals surface area (Å²) in [4.78, 5) is 0. The molecular weight excluding hydrogens is 346 g/mol. The van der Waals surface area contributed by atoms with Crippen molar-refractivity contribution in [1.82, 2.24) is 5.32 Å². The maximum Gasteiger partial charge on any atom is 0.266 e. The Morgan fingerprint density at radius 3 is 1.65 bits per heavy atom. The molecular formula is C21H43NO3S. The number of nitrogens with one attached hydrogen (secondary N) is 1. The Morgan fingerprint density at radius 2 is 1.15 bits per heavy atom. The van der Waals surface area contributed by atoms with Crippen LogP contribution < -0.4 is 5.32 Å². The Labute approximate surface area is 163 Å². The lowest BCUT2D eigenvalue weighted by Gasteiger charge is -2.03. The summed E-state index contributed by atoms with van der Waals surface area (Å²) in [5.41, 5.74) is 0. The number of rotatable bonds is 20. The van der Waals surface area contributed by atoms with Crippen molar-refractivity contribution in [2.24, 2.45) is 0 Å². The van der Waals surface area contributed by atoms with Crippen molar-refractivity contribution in [3.05, 3.63) is 12.2 Å². The summed E-state index contributed by atoms with van der Waals surface area (Å²) in [6.45, 7) is 3.43. The first-order chi connectivity index (χ1) is 12.6. The van der Waals surface area contributed by atoms with Crippen LogP contribution in [0, 0.1) is 0 Å². The maximum absolute atomic E-state index is 10.5. The Hall–Kier alpha value is -0.390. The zero-order valence-corrected chi connectivity index (χ0v) is 17.9. The van der Waals surface area contributed by atoms with Gasteiger partial charge in [0.05, 0.1) is 5.75 Å². The molecule has 0 aliphatic rings. The van der Waals surface area contributed by atoms with Gasteiger partial charge in [0.25, 0.3) is 10.1 Å². The number of hydrogen-bond acceptors (Lipinski definition) is 3. The van der Waals surface area contributed by atoms with Gasteiger partial charge in [0.1, 0.15) is 0 Å². The van der Waals surface area contributed by atoms with E-state index in [0.29, 0.717) is 6.54 Å². The molecule has 0 aromatic rings. The fourth-order valence-electron chi connectivity index (χ4n) is 3.00. The zero-order valence-electron chi connectivity index (χ0n) is 17.1. The molecule has 2 N–H and O–H groups in total. The largest absolute Gasteiger partial charge is 0.316 e. The van der Waals surface area contributed by atoms with Crippen molar-refractivity contribution in [3.63, 3.8) is 0 Å². The first-order valence-corrected chi connectivity index (χ1v) is 12.5. The molecule has 4 nitrogen and oxygen atoms in total. The Balaban J connectivity index is 3.12. The normalized spacial score (nSPS) is 12.2. The smallest absolute Gasteiger partial charge is 0.266 e. The lowest BCUT2D eigenvalue weighted by atomic mass is 10.1. The van der Waals surface area contributed by atoms with Crippen molar-refractivity contribution < 1.29 is 13.0 Å². The molecule has 5 heteroatoms. The molecule has 0 unspecified atom stereocenters. The number of unbranched alkanes of at least 4 members (excludes halogenated alkanes) is 13. The molecule has 0 fully saturated rings. The molecule has 0 rings (SSSR count). The maximum atomic E-state index is 10.5. The van der Waals surface area contributed by atoms with Crippen LogP contribution in [0.2, 0.25) is 0 Å². The van der Waals surface area contributed by atoms with Gasteiger partial charge < -0.3 is 5.32 Å². The van der Waals surface area contributed by atoms with Crippen LogP contribution in [-0.2, 0) is 10.1 Å². The van der Waals surface area contributed by atoms with E-state index in [2.05, 4.69) is 24.4 Å². The van der Waals surface area contributed by atoms with Crippen molar-refractivity contribution >= 4 is 10.1 Å². The second-order valence-corrected chi connectivity index (χ2v) is 8.90. The fourth-order valence-corrected chi connectivity index (χ4v) is 3.40. The molecule has 0 aliphatic carbocycles. The van der Waals surface area contributed by atoms with Gasteiger partial charge >= 0.3 is 0 Å². The van der Waals surface area contributed by atoms with E-state index in [1.54, 1.807) is 0 Å². The van der Waals surface area contributed by atoms with Gasteiger partial charge in [-0.3, -0.25) is 4.55 Å². The van der Waals surface area contributed by atoms with Crippen molar-refractivity contribution in [2.75, 3.05) is 18.8 Å². The molecule has 0 saturated heterocycles. The average molecular weight is 390 g/mol. The monoisotopic (exact) mass is 389 g/mol. The first kappa shape index (κ1) is 25.6. The van der Waals surface area contributed by atoms with E-state index in [0.717, 1.165) is 13.0 Å². The standard InChI is InChI=1S/C21H43NO3S/c1-2-3-4-5-6-7-8-9-10-11-12-13-14-15-16-17-18-19-22-20-21-26(23,24)25/h10-11,22H,2-9,12-21H2,1H3,(H,23,24,25)/b11-10-. The van der Waals surface area contributed by atoms with Crippen LogP contribution in [0.4, 0.5) is 0 Å². The van der Waals surface area contributed by atoms with E-state index in [1.807, 2.05) is 0 Å². The van der Waals surface area contributed by atoms with Crippen LogP contribution in [0.1, 0.15) is 103 Å². The summed E-state index contributed by atoms with van der Waals surface area (Å²) in [7, 11) is -3.82. The molecule has 0 atom stereocenters. The van der Waals surface area contributed by atoms with Gasteiger partial charge in [-0.05, 0) is 38.6 Å². The highest BCUT2D eigenvalue weighted by molar-refractivity contribution is 7.85. The van der Waals surface area contributed by atoms with Crippen LogP contribution in [-0.4, -0.2) is 31.8 Å². The van der Waals surface area contributed by atoms with Gasteiger partial charge in [-0.25, -0.2) is 0 Å². The predicted molar refractivity (Wildman–Crippen MR) is 113 cm³/mol. The zero-order chi connectivity index (χ0) is 19.3. The summed E-state index contributed by atoms with van der Waals surface area (Å²) in [6.07, 6.45) is 24.3. The summed E-state index contributed by atoms with van der Waals surface area (Å²) in [5.74, 6) is -0.195. The number of hydrogen-bond donors (Lipinski definition) is 2. The lowest BCUT2D eigenvalue weighted by Crippen LogP contribution is -2.23. The van der Waals surface area contributed by atoms with Gasteiger partial charge in [0.15, 0.2) is 0 Å². The van der Waals surface area contributed by atoms with Gasteiger partial charge in [-0.15, -0.1) is 0 Å². The van der Waals surface area contributed by atoms with Gasteiger partial charge in [-0.2, -0.15) is 8.42 Å². The minimum Gasteiger partial charge on any atom is -0.316 e.